The molecule has 0 aromatic heterocycles. The molecule has 1 rings (SSSR count). The second-order valence-electron chi connectivity index (χ2n) is 4.97. The molecular formula is C14H20Cl2N2O4S. The minimum atomic E-state index is -3.73. The van der Waals surface area contributed by atoms with E-state index in [-0.39, 0.29) is 10.7 Å². The Morgan fingerprint density at radius 2 is 2.04 bits per heavy atom. The summed E-state index contributed by atoms with van der Waals surface area (Å²) in [6.45, 7) is 2.38. The Balaban J connectivity index is 3.03. The van der Waals surface area contributed by atoms with Crippen LogP contribution in [0.25, 0.3) is 0 Å². The van der Waals surface area contributed by atoms with Crippen LogP contribution in [0, 0.1) is 0 Å². The minimum Gasteiger partial charge on any atom is -0.385 e. The maximum absolute atomic E-state index is 12.2. The van der Waals surface area contributed by atoms with Crippen LogP contribution >= 0.6 is 23.2 Å². The fraction of sp³-hybridized carbons (Fsp3) is 0.500. The quantitative estimate of drug-likeness (QED) is 0.699. The molecule has 0 unspecified atom stereocenters. The molecule has 0 aliphatic rings. The summed E-state index contributed by atoms with van der Waals surface area (Å²) in [5, 5.41) is 3.19. The molecule has 1 aromatic carbocycles. The Bertz CT molecular complexity index is 652. The van der Waals surface area contributed by atoms with E-state index < -0.39 is 22.0 Å². The van der Waals surface area contributed by atoms with Gasteiger partial charge < -0.3 is 10.1 Å². The maximum Gasteiger partial charge on any atom is 0.243 e. The number of rotatable bonds is 8. The molecule has 1 N–H and O–H groups in total. The van der Waals surface area contributed by atoms with Crippen LogP contribution in [0.5, 0.6) is 0 Å². The van der Waals surface area contributed by atoms with Crippen LogP contribution in [-0.4, -0.2) is 46.9 Å². The van der Waals surface area contributed by atoms with Gasteiger partial charge in [-0.1, -0.05) is 23.2 Å². The monoisotopic (exact) mass is 382 g/mol. The van der Waals surface area contributed by atoms with Crippen LogP contribution in [0.1, 0.15) is 13.3 Å². The lowest BCUT2D eigenvalue weighted by molar-refractivity contribution is -0.121. The number of methoxy groups -OCH3 is 1. The van der Waals surface area contributed by atoms with E-state index in [0.717, 1.165) is 10.6 Å². The van der Waals surface area contributed by atoms with E-state index in [1.54, 1.807) is 13.2 Å². The van der Waals surface area contributed by atoms with Crippen LogP contribution in [0.3, 0.4) is 0 Å². The van der Waals surface area contributed by atoms with Crippen molar-refractivity contribution in [3.05, 3.63) is 28.2 Å². The van der Waals surface area contributed by atoms with Gasteiger partial charge in [0, 0.05) is 25.3 Å². The number of hydrogen-bond donors (Lipinski definition) is 1. The largest absolute Gasteiger partial charge is 0.385 e. The number of sulfonamides is 1. The van der Waals surface area contributed by atoms with Crippen molar-refractivity contribution in [2.45, 2.75) is 19.4 Å². The van der Waals surface area contributed by atoms with E-state index in [4.69, 9.17) is 27.9 Å². The third kappa shape index (κ3) is 5.84. The van der Waals surface area contributed by atoms with E-state index in [0.29, 0.717) is 24.6 Å². The molecule has 0 aliphatic carbocycles. The topological polar surface area (TPSA) is 75.7 Å². The first-order valence-electron chi connectivity index (χ1n) is 6.89. The van der Waals surface area contributed by atoms with Gasteiger partial charge in [-0.05, 0) is 31.5 Å². The van der Waals surface area contributed by atoms with Crippen molar-refractivity contribution in [1.29, 1.82) is 0 Å². The molecule has 0 aliphatic heterocycles. The molecule has 0 fully saturated rings. The predicted octanol–water partition coefficient (Wildman–Crippen LogP) is 2.30. The number of carbonyl (C=O) groups is 1. The first kappa shape index (κ1) is 20.0. The van der Waals surface area contributed by atoms with Crippen molar-refractivity contribution >= 4 is 44.8 Å². The van der Waals surface area contributed by atoms with Crippen LogP contribution in [-0.2, 0) is 19.6 Å². The number of ether oxygens (including phenoxy) is 1. The average Bonchev–Trinajstić information content (AvgIpc) is 2.45. The number of amides is 1. The van der Waals surface area contributed by atoms with Crippen LogP contribution in [0.4, 0.5) is 5.69 Å². The Labute approximate surface area is 146 Å². The molecule has 1 atom stereocenters. The predicted molar refractivity (Wildman–Crippen MR) is 92.7 cm³/mol. The summed E-state index contributed by atoms with van der Waals surface area (Å²) in [7, 11) is -2.17. The highest BCUT2D eigenvalue weighted by Crippen LogP contribution is 2.32. The van der Waals surface area contributed by atoms with Gasteiger partial charge in [-0.2, -0.15) is 0 Å². The summed E-state index contributed by atoms with van der Waals surface area (Å²) >= 11 is 12.0. The third-order valence-corrected chi connectivity index (χ3v) is 4.84. The minimum absolute atomic E-state index is 0.168. The Morgan fingerprint density at radius 3 is 2.61 bits per heavy atom. The number of halogens is 2. The van der Waals surface area contributed by atoms with Crippen molar-refractivity contribution in [2.24, 2.45) is 0 Å². The maximum atomic E-state index is 12.2. The Morgan fingerprint density at radius 1 is 1.39 bits per heavy atom. The SMILES string of the molecule is COCCCNC(=O)[C@@H](C)N(c1cc(Cl)ccc1Cl)S(C)(=O)=O. The zero-order valence-electron chi connectivity index (χ0n) is 13.2. The van der Waals surface area contributed by atoms with Crippen molar-refractivity contribution in [3.8, 4) is 0 Å². The summed E-state index contributed by atoms with van der Waals surface area (Å²) in [6.07, 6.45) is 1.64. The lowest BCUT2D eigenvalue weighted by Crippen LogP contribution is -2.48. The molecule has 1 aromatic rings. The van der Waals surface area contributed by atoms with E-state index in [1.165, 1.54) is 19.1 Å². The molecule has 23 heavy (non-hydrogen) atoms. The number of anilines is 1. The average molecular weight is 383 g/mol. The van der Waals surface area contributed by atoms with Crippen molar-refractivity contribution < 1.29 is 17.9 Å². The molecule has 0 spiro atoms. The fourth-order valence-electron chi connectivity index (χ4n) is 2.01. The van der Waals surface area contributed by atoms with Crippen molar-refractivity contribution in [1.82, 2.24) is 5.32 Å². The van der Waals surface area contributed by atoms with Crippen molar-refractivity contribution in [2.75, 3.05) is 30.8 Å². The van der Waals surface area contributed by atoms with E-state index in [9.17, 15) is 13.2 Å². The first-order chi connectivity index (χ1) is 10.7. The van der Waals surface area contributed by atoms with Gasteiger partial charge in [0.05, 0.1) is 17.0 Å². The van der Waals surface area contributed by atoms with Crippen LogP contribution in [0.2, 0.25) is 10.0 Å². The second-order valence-corrected chi connectivity index (χ2v) is 7.67. The highest BCUT2D eigenvalue weighted by atomic mass is 35.5. The summed E-state index contributed by atoms with van der Waals surface area (Å²) in [4.78, 5) is 12.2. The number of carbonyl (C=O) groups excluding carboxylic acids is 1. The molecule has 130 valence electrons. The molecule has 0 bridgehead atoms. The van der Waals surface area contributed by atoms with Gasteiger partial charge in [-0.15, -0.1) is 0 Å². The molecule has 9 heteroatoms. The molecule has 6 nitrogen and oxygen atoms in total. The van der Waals surface area contributed by atoms with E-state index in [1.807, 2.05) is 0 Å². The normalized spacial score (nSPS) is 12.7. The highest BCUT2D eigenvalue weighted by molar-refractivity contribution is 7.92. The molecular weight excluding hydrogens is 363 g/mol. The van der Waals surface area contributed by atoms with Gasteiger partial charge in [0.25, 0.3) is 0 Å². The van der Waals surface area contributed by atoms with Crippen molar-refractivity contribution in [3.63, 3.8) is 0 Å². The number of hydrogen-bond acceptors (Lipinski definition) is 4. The molecule has 0 heterocycles. The summed E-state index contributed by atoms with van der Waals surface area (Å²) in [5.41, 5.74) is 0.168. The standard InChI is InChI=1S/C14H20Cl2N2O4S/c1-10(14(19)17-7-4-8-22-2)18(23(3,20)21)13-9-11(15)5-6-12(13)16/h5-6,9-10H,4,7-8H2,1-3H3,(H,17,19)/t10-/m1/s1. The third-order valence-electron chi connectivity index (χ3n) is 3.06. The first-order valence-corrected chi connectivity index (χ1v) is 9.50. The summed E-state index contributed by atoms with van der Waals surface area (Å²) < 4.78 is 30.1. The molecule has 0 radical (unpaired) electrons. The van der Waals surface area contributed by atoms with Gasteiger partial charge in [-0.3, -0.25) is 9.10 Å². The number of benzene rings is 1. The zero-order chi connectivity index (χ0) is 17.6. The van der Waals surface area contributed by atoms with Crippen LogP contribution in [0.15, 0.2) is 18.2 Å². The summed E-state index contributed by atoms with van der Waals surface area (Å²) in [6, 6.07) is 3.48. The van der Waals surface area contributed by atoms with E-state index in [2.05, 4.69) is 5.32 Å². The van der Waals surface area contributed by atoms with Gasteiger partial charge in [0.2, 0.25) is 15.9 Å². The lowest BCUT2D eigenvalue weighted by Gasteiger charge is -2.29. The Kier molecular flexibility index (Phi) is 7.60. The molecule has 0 saturated heterocycles. The number of nitrogens with one attached hydrogen (secondary N) is 1. The van der Waals surface area contributed by atoms with Gasteiger partial charge in [0.1, 0.15) is 6.04 Å². The van der Waals surface area contributed by atoms with Gasteiger partial charge >= 0.3 is 0 Å². The molecule has 0 saturated carbocycles. The van der Waals surface area contributed by atoms with E-state index >= 15 is 0 Å². The fourth-order valence-corrected chi connectivity index (χ4v) is 3.62. The lowest BCUT2D eigenvalue weighted by atomic mass is 10.2. The smallest absolute Gasteiger partial charge is 0.243 e. The molecule has 1 amide bonds. The second kappa shape index (κ2) is 8.73. The summed E-state index contributed by atoms with van der Waals surface area (Å²) in [5.74, 6) is -0.428. The highest BCUT2D eigenvalue weighted by Gasteiger charge is 2.30. The Hall–Kier alpha value is -1.02. The van der Waals surface area contributed by atoms with Crippen LogP contribution < -0.4 is 9.62 Å². The zero-order valence-corrected chi connectivity index (χ0v) is 15.5. The number of nitrogens with zero attached hydrogens (tertiary/aromatic N) is 1. The van der Waals surface area contributed by atoms with Gasteiger partial charge in [0.15, 0.2) is 0 Å². The van der Waals surface area contributed by atoms with Gasteiger partial charge in [-0.25, -0.2) is 8.42 Å².